The lowest BCUT2D eigenvalue weighted by Gasteiger charge is -2.18. The molecule has 1 N–H and O–H groups in total. The fraction of sp³-hybridized carbons (Fsp3) is 0.357. The summed E-state index contributed by atoms with van der Waals surface area (Å²) < 4.78 is 10.6. The molecule has 0 radical (unpaired) electrons. The van der Waals surface area contributed by atoms with Crippen LogP contribution < -0.4 is 5.32 Å². The van der Waals surface area contributed by atoms with Gasteiger partial charge in [-0.2, -0.15) is 0 Å². The molecule has 0 saturated carbocycles. The van der Waals surface area contributed by atoms with E-state index < -0.39 is 12.3 Å². The maximum atomic E-state index is 11.5. The standard InChI is InChI=1S/C14H15Cl2NO3/c1-8(2)19-14-12(11(16)13(18)20-14)17-7-9-5-3-4-6-10(9)15/h3-6,8,14,17H,7H2,1-2H3. The number of carbonyl (C=O) groups is 1. The smallest absolute Gasteiger partial charge is 0.354 e. The van der Waals surface area contributed by atoms with Crippen LogP contribution in [0.1, 0.15) is 19.4 Å². The van der Waals surface area contributed by atoms with Gasteiger partial charge in [0.15, 0.2) is 5.03 Å². The monoisotopic (exact) mass is 315 g/mol. The van der Waals surface area contributed by atoms with Crippen molar-refractivity contribution in [2.45, 2.75) is 32.8 Å². The summed E-state index contributed by atoms with van der Waals surface area (Å²) in [5.41, 5.74) is 1.33. The zero-order chi connectivity index (χ0) is 14.7. The van der Waals surface area contributed by atoms with E-state index in [1.54, 1.807) is 6.07 Å². The number of rotatable bonds is 5. The van der Waals surface area contributed by atoms with Crippen molar-refractivity contribution in [2.75, 3.05) is 0 Å². The highest BCUT2D eigenvalue weighted by Crippen LogP contribution is 2.26. The Bertz CT molecular complexity index is 543. The molecule has 0 aromatic heterocycles. The maximum Gasteiger partial charge on any atom is 0.354 e. The van der Waals surface area contributed by atoms with Gasteiger partial charge in [0.2, 0.25) is 6.29 Å². The van der Waals surface area contributed by atoms with Crippen molar-refractivity contribution in [3.63, 3.8) is 0 Å². The van der Waals surface area contributed by atoms with Gasteiger partial charge in [-0.05, 0) is 25.5 Å². The van der Waals surface area contributed by atoms with E-state index in [2.05, 4.69) is 5.32 Å². The summed E-state index contributed by atoms with van der Waals surface area (Å²) in [6.07, 6.45) is -0.884. The Morgan fingerprint density at radius 1 is 1.35 bits per heavy atom. The Hall–Kier alpha value is -1.23. The van der Waals surface area contributed by atoms with Gasteiger partial charge in [-0.1, -0.05) is 41.4 Å². The van der Waals surface area contributed by atoms with E-state index in [0.29, 0.717) is 17.3 Å². The first-order valence-electron chi connectivity index (χ1n) is 6.22. The van der Waals surface area contributed by atoms with Gasteiger partial charge in [-0.15, -0.1) is 0 Å². The van der Waals surface area contributed by atoms with Crippen molar-refractivity contribution in [1.82, 2.24) is 5.32 Å². The summed E-state index contributed by atoms with van der Waals surface area (Å²) in [5, 5.41) is 3.73. The number of benzene rings is 1. The summed E-state index contributed by atoms with van der Waals surface area (Å²) in [4.78, 5) is 11.5. The third-order valence-corrected chi connectivity index (χ3v) is 3.41. The lowest BCUT2D eigenvalue weighted by atomic mass is 10.2. The normalized spacial score (nSPS) is 18.6. The van der Waals surface area contributed by atoms with Gasteiger partial charge in [0.1, 0.15) is 5.70 Å². The molecule has 4 nitrogen and oxygen atoms in total. The summed E-state index contributed by atoms with van der Waals surface area (Å²) in [5.74, 6) is -0.584. The number of carbonyl (C=O) groups excluding carboxylic acids is 1. The van der Waals surface area contributed by atoms with E-state index in [1.165, 1.54) is 0 Å². The molecule has 0 aliphatic carbocycles. The average Bonchev–Trinajstić information content (AvgIpc) is 2.64. The molecule has 1 aliphatic heterocycles. The van der Waals surface area contributed by atoms with Crippen molar-refractivity contribution in [1.29, 1.82) is 0 Å². The van der Waals surface area contributed by atoms with Crippen molar-refractivity contribution >= 4 is 29.2 Å². The van der Waals surface area contributed by atoms with Crippen molar-refractivity contribution in [3.8, 4) is 0 Å². The van der Waals surface area contributed by atoms with E-state index in [0.717, 1.165) is 5.56 Å². The Labute approximate surface area is 127 Å². The minimum Gasteiger partial charge on any atom is -0.425 e. The second-order valence-electron chi connectivity index (χ2n) is 4.59. The molecule has 1 unspecified atom stereocenters. The largest absolute Gasteiger partial charge is 0.425 e. The number of esters is 1. The van der Waals surface area contributed by atoms with Gasteiger partial charge in [0, 0.05) is 11.6 Å². The molecule has 2 rings (SSSR count). The summed E-state index contributed by atoms with van der Waals surface area (Å²) >= 11 is 12.0. The van der Waals surface area contributed by atoms with Gasteiger partial charge in [-0.25, -0.2) is 4.79 Å². The quantitative estimate of drug-likeness (QED) is 0.848. The van der Waals surface area contributed by atoms with Gasteiger partial charge in [0.05, 0.1) is 6.10 Å². The first kappa shape index (κ1) is 15.2. The number of cyclic esters (lactones) is 1. The Morgan fingerprint density at radius 3 is 2.70 bits per heavy atom. The molecule has 1 aromatic carbocycles. The molecule has 1 heterocycles. The summed E-state index contributed by atoms with van der Waals surface area (Å²) in [7, 11) is 0. The molecule has 20 heavy (non-hydrogen) atoms. The molecular weight excluding hydrogens is 301 g/mol. The predicted octanol–water partition coefficient (Wildman–Crippen LogP) is 3.19. The highest BCUT2D eigenvalue weighted by molar-refractivity contribution is 6.42. The van der Waals surface area contributed by atoms with Crippen LogP contribution in [0, 0.1) is 0 Å². The van der Waals surface area contributed by atoms with Crippen LogP contribution >= 0.6 is 23.2 Å². The van der Waals surface area contributed by atoms with Crippen LogP contribution in [-0.2, 0) is 20.8 Å². The first-order chi connectivity index (χ1) is 9.49. The Balaban J connectivity index is 2.09. The van der Waals surface area contributed by atoms with Crippen molar-refractivity contribution in [2.24, 2.45) is 0 Å². The molecule has 0 spiro atoms. The maximum absolute atomic E-state index is 11.5. The van der Waals surface area contributed by atoms with Crippen LogP contribution in [0.2, 0.25) is 5.02 Å². The van der Waals surface area contributed by atoms with Gasteiger partial charge >= 0.3 is 5.97 Å². The van der Waals surface area contributed by atoms with Crippen molar-refractivity contribution < 1.29 is 14.3 Å². The lowest BCUT2D eigenvalue weighted by molar-refractivity contribution is -0.166. The first-order valence-corrected chi connectivity index (χ1v) is 6.98. The summed E-state index contributed by atoms with van der Waals surface area (Å²) in [6, 6.07) is 7.43. The molecule has 1 aromatic rings. The van der Waals surface area contributed by atoms with Gasteiger partial charge in [-0.3, -0.25) is 0 Å². The number of halogens is 2. The third kappa shape index (κ3) is 3.45. The third-order valence-electron chi connectivity index (χ3n) is 2.69. The number of ether oxygens (including phenoxy) is 2. The number of hydrogen-bond acceptors (Lipinski definition) is 4. The Kier molecular flexibility index (Phi) is 4.91. The highest BCUT2D eigenvalue weighted by Gasteiger charge is 2.34. The molecule has 108 valence electrons. The van der Waals surface area contributed by atoms with Gasteiger partial charge < -0.3 is 14.8 Å². The topological polar surface area (TPSA) is 47.6 Å². The molecule has 0 fully saturated rings. The minimum atomic E-state index is -0.794. The minimum absolute atomic E-state index is 0.0164. The molecule has 6 heteroatoms. The van der Waals surface area contributed by atoms with Crippen LogP contribution in [0.4, 0.5) is 0 Å². The molecule has 1 aliphatic rings. The fourth-order valence-corrected chi connectivity index (χ4v) is 2.16. The highest BCUT2D eigenvalue weighted by atomic mass is 35.5. The van der Waals surface area contributed by atoms with Crippen LogP contribution in [0.3, 0.4) is 0 Å². The molecule has 0 bridgehead atoms. The molecule has 0 amide bonds. The van der Waals surface area contributed by atoms with Crippen LogP contribution in [0.25, 0.3) is 0 Å². The van der Waals surface area contributed by atoms with E-state index in [9.17, 15) is 4.79 Å². The second-order valence-corrected chi connectivity index (χ2v) is 5.38. The number of hydrogen-bond donors (Lipinski definition) is 1. The Morgan fingerprint density at radius 2 is 2.05 bits per heavy atom. The molecule has 0 saturated heterocycles. The van der Waals surface area contributed by atoms with Crippen LogP contribution in [0.15, 0.2) is 35.0 Å². The second kappa shape index (κ2) is 6.48. The van der Waals surface area contributed by atoms with Crippen LogP contribution in [0.5, 0.6) is 0 Å². The van der Waals surface area contributed by atoms with E-state index in [-0.39, 0.29) is 11.1 Å². The molecule has 1 atom stereocenters. The van der Waals surface area contributed by atoms with E-state index >= 15 is 0 Å². The zero-order valence-corrected chi connectivity index (χ0v) is 12.7. The average molecular weight is 316 g/mol. The molecular formula is C14H15Cl2NO3. The van der Waals surface area contributed by atoms with Crippen molar-refractivity contribution in [3.05, 3.63) is 45.6 Å². The van der Waals surface area contributed by atoms with E-state index in [1.807, 2.05) is 32.0 Å². The predicted molar refractivity (Wildman–Crippen MR) is 77.3 cm³/mol. The SMILES string of the molecule is CC(C)OC1OC(=O)C(Cl)=C1NCc1ccccc1Cl. The van der Waals surface area contributed by atoms with E-state index in [4.69, 9.17) is 32.7 Å². The van der Waals surface area contributed by atoms with Gasteiger partial charge in [0.25, 0.3) is 0 Å². The summed E-state index contributed by atoms with van der Waals surface area (Å²) in [6.45, 7) is 4.14. The number of nitrogens with one attached hydrogen (secondary N) is 1. The fourth-order valence-electron chi connectivity index (χ4n) is 1.76. The zero-order valence-electron chi connectivity index (χ0n) is 11.2. The lowest BCUT2D eigenvalue weighted by Crippen LogP contribution is -2.27. The van der Waals surface area contributed by atoms with Crippen LogP contribution in [-0.4, -0.2) is 18.4 Å².